The van der Waals surface area contributed by atoms with Gasteiger partial charge in [-0.1, -0.05) is 0 Å². The van der Waals surface area contributed by atoms with Gasteiger partial charge in [0.2, 0.25) is 0 Å². The van der Waals surface area contributed by atoms with E-state index in [0.717, 1.165) is 0 Å². The van der Waals surface area contributed by atoms with E-state index in [9.17, 15) is 0 Å². The van der Waals surface area contributed by atoms with E-state index in [0.29, 0.717) is 19.8 Å². The molecule has 0 aromatic heterocycles. The second-order valence-corrected chi connectivity index (χ2v) is 2.92. The van der Waals surface area contributed by atoms with Crippen molar-refractivity contribution in [2.75, 3.05) is 19.8 Å². The number of hydrogen-bond donors (Lipinski definition) is 0. The van der Waals surface area contributed by atoms with E-state index in [1.165, 1.54) is 0 Å². The van der Waals surface area contributed by atoms with Crippen LogP contribution in [0.15, 0.2) is 0 Å². The standard InChI is InChI=1S/C6H15O3Si.FH/c1-4-7-10(8-5-2)9-6-3;/h4-6H2,1-3H3;1H/p-1. The molecule has 0 rings (SSSR count). The molecule has 0 unspecified atom stereocenters. The van der Waals surface area contributed by atoms with Gasteiger partial charge in [-0.2, -0.15) is 0 Å². The van der Waals surface area contributed by atoms with Crippen molar-refractivity contribution in [3.63, 3.8) is 0 Å². The SMILES string of the molecule is CCO[Si](OCC)OCC.[F-]. The Kier molecular flexibility index (Phi) is 12.4. The molecule has 1 radical (unpaired) electrons. The Morgan fingerprint density at radius 2 is 1.09 bits per heavy atom. The maximum Gasteiger partial charge on any atom is 0.577 e. The fraction of sp³-hybridized carbons (Fsp3) is 1.00. The van der Waals surface area contributed by atoms with Crippen LogP contribution in [0.3, 0.4) is 0 Å². The molecular weight excluding hydrogens is 167 g/mol. The largest absolute Gasteiger partial charge is 1.00 e. The van der Waals surface area contributed by atoms with Crippen molar-refractivity contribution >= 4 is 9.53 Å². The highest BCUT2D eigenvalue weighted by molar-refractivity contribution is 6.36. The molecule has 0 spiro atoms. The predicted molar refractivity (Wildman–Crippen MR) is 40.6 cm³/mol. The van der Waals surface area contributed by atoms with Gasteiger partial charge >= 0.3 is 9.53 Å². The summed E-state index contributed by atoms with van der Waals surface area (Å²) in [5.41, 5.74) is 0. The Morgan fingerprint density at radius 3 is 1.27 bits per heavy atom. The average molecular weight is 182 g/mol. The van der Waals surface area contributed by atoms with Crippen molar-refractivity contribution in [3.05, 3.63) is 0 Å². The molecule has 0 atom stereocenters. The fourth-order valence-electron chi connectivity index (χ4n) is 0.479. The van der Waals surface area contributed by atoms with E-state index in [2.05, 4.69) is 0 Å². The molecule has 0 aromatic rings. The molecule has 0 bridgehead atoms. The van der Waals surface area contributed by atoms with Gasteiger partial charge in [0.05, 0.1) is 0 Å². The molecule has 5 heteroatoms. The smallest absolute Gasteiger partial charge is 0.577 e. The minimum absolute atomic E-state index is 0. The van der Waals surface area contributed by atoms with E-state index in [4.69, 9.17) is 13.3 Å². The zero-order chi connectivity index (χ0) is 7.82. The molecule has 0 amide bonds. The summed E-state index contributed by atoms with van der Waals surface area (Å²) in [6.45, 7) is 7.78. The van der Waals surface area contributed by atoms with E-state index >= 15 is 0 Å². The lowest BCUT2D eigenvalue weighted by Gasteiger charge is -2.10. The summed E-state index contributed by atoms with van der Waals surface area (Å²) < 4.78 is 15.5. The van der Waals surface area contributed by atoms with E-state index < -0.39 is 9.53 Å². The molecule has 69 valence electrons. The molecule has 0 aromatic carbocycles. The first kappa shape index (κ1) is 13.6. The first-order valence-electron chi connectivity index (χ1n) is 3.60. The quantitative estimate of drug-likeness (QED) is 0.448. The molecule has 0 N–H and O–H groups in total. The Balaban J connectivity index is 0. The van der Waals surface area contributed by atoms with Crippen LogP contribution < -0.4 is 4.70 Å². The third-order valence-corrected chi connectivity index (χ3v) is 2.36. The van der Waals surface area contributed by atoms with Crippen molar-refractivity contribution < 1.29 is 18.0 Å². The molecule has 0 saturated heterocycles. The Morgan fingerprint density at radius 1 is 0.818 bits per heavy atom. The van der Waals surface area contributed by atoms with Gasteiger partial charge in [-0.15, -0.1) is 0 Å². The zero-order valence-electron chi connectivity index (χ0n) is 7.22. The highest BCUT2D eigenvalue weighted by Crippen LogP contribution is 1.90. The summed E-state index contributed by atoms with van der Waals surface area (Å²) in [4.78, 5) is 0. The van der Waals surface area contributed by atoms with Crippen LogP contribution in [0, 0.1) is 0 Å². The summed E-state index contributed by atoms with van der Waals surface area (Å²) in [5, 5.41) is 0. The van der Waals surface area contributed by atoms with Crippen LogP contribution in [0.25, 0.3) is 0 Å². The summed E-state index contributed by atoms with van der Waals surface area (Å²) in [7, 11) is -1.40. The summed E-state index contributed by atoms with van der Waals surface area (Å²) >= 11 is 0. The fourth-order valence-corrected chi connectivity index (χ4v) is 1.44. The van der Waals surface area contributed by atoms with Gasteiger partial charge in [-0.3, -0.25) is 0 Å². The van der Waals surface area contributed by atoms with Crippen molar-refractivity contribution in [2.24, 2.45) is 0 Å². The van der Waals surface area contributed by atoms with Gasteiger partial charge in [0.25, 0.3) is 0 Å². The number of halogens is 1. The lowest BCUT2D eigenvalue weighted by atomic mass is 10.9. The average Bonchev–Trinajstić information content (AvgIpc) is 1.90. The van der Waals surface area contributed by atoms with Gasteiger partial charge < -0.3 is 18.0 Å². The second kappa shape index (κ2) is 10.0. The van der Waals surface area contributed by atoms with Gasteiger partial charge in [0, 0.05) is 19.8 Å². The lowest BCUT2D eigenvalue weighted by molar-refractivity contribution is -0.00000878. The van der Waals surface area contributed by atoms with Gasteiger partial charge in [-0.25, -0.2) is 0 Å². The summed E-state index contributed by atoms with van der Waals surface area (Å²) in [6, 6.07) is 0. The predicted octanol–water partition coefficient (Wildman–Crippen LogP) is -1.92. The highest BCUT2D eigenvalue weighted by atomic mass is 28.3. The topological polar surface area (TPSA) is 27.7 Å². The van der Waals surface area contributed by atoms with Crippen LogP contribution in [-0.4, -0.2) is 29.3 Å². The summed E-state index contributed by atoms with van der Waals surface area (Å²) in [5.74, 6) is 0. The normalized spacial score (nSPS) is 9.82. The van der Waals surface area contributed by atoms with Crippen LogP contribution in [0.5, 0.6) is 0 Å². The molecule has 0 aliphatic rings. The Bertz CT molecular complexity index is 60.6. The van der Waals surface area contributed by atoms with E-state index in [1.807, 2.05) is 20.8 Å². The van der Waals surface area contributed by atoms with Crippen LogP contribution in [-0.2, 0) is 13.3 Å². The van der Waals surface area contributed by atoms with Crippen LogP contribution in [0.4, 0.5) is 0 Å². The zero-order valence-corrected chi connectivity index (χ0v) is 8.22. The molecule has 0 heterocycles. The molecule has 0 saturated carbocycles. The third-order valence-electron chi connectivity index (χ3n) is 0.787. The van der Waals surface area contributed by atoms with Gasteiger partial charge in [-0.05, 0) is 20.8 Å². The molecule has 0 aliphatic carbocycles. The second-order valence-electron chi connectivity index (χ2n) is 1.55. The van der Waals surface area contributed by atoms with E-state index in [1.54, 1.807) is 0 Å². The monoisotopic (exact) mass is 182 g/mol. The van der Waals surface area contributed by atoms with Gasteiger partial charge in [0.1, 0.15) is 0 Å². The first-order valence-corrected chi connectivity index (χ1v) is 4.82. The number of rotatable bonds is 6. The van der Waals surface area contributed by atoms with Gasteiger partial charge in [0.15, 0.2) is 0 Å². The van der Waals surface area contributed by atoms with Crippen LogP contribution in [0.1, 0.15) is 20.8 Å². The maximum absolute atomic E-state index is 5.18. The first-order chi connectivity index (χ1) is 4.85. The number of hydrogen-bond acceptors (Lipinski definition) is 3. The van der Waals surface area contributed by atoms with Crippen molar-refractivity contribution in [3.8, 4) is 0 Å². The van der Waals surface area contributed by atoms with Crippen molar-refractivity contribution in [1.82, 2.24) is 0 Å². The molecule has 11 heavy (non-hydrogen) atoms. The maximum atomic E-state index is 5.18. The highest BCUT2D eigenvalue weighted by Gasteiger charge is 2.15. The van der Waals surface area contributed by atoms with Crippen LogP contribution >= 0.6 is 0 Å². The molecular formula is C6H15FO3Si-. The molecule has 0 aliphatic heterocycles. The Hall–Kier alpha value is 0.0269. The molecule has 0 fully saturated rings. The van der Waals surface area contributed by atoms with E-state index in [-0.39, 0.29) is 4.70 Å². The molecule has 3 nitrogen and oxygen atoms in total. The van der Waals surface area contributed by atoms with Crippen molar-refractivity contribution in [1.29, 1.82) is 0 Å². The summed E-state index contributed by atoms with van der Waals surface area (Å²) in [6.07, 6.45) is 0. The lowest BCUT2D eigenvalue weighted by Crippen LogP contribution is -3.00. The minimum atomic E-state index is -1.40. The minimum Gasteiger partial charge on any atom is -1.00 e. The van der Waals surface area contributed by atoms with Crippen molar-refractivity contribution in [2.45, 2.75) is 20.8 Å². The van der Waals surface area contributed by atoms with Crippen LogP contribution in [0.2, 0.25) is 0 Å². The Labute approximate surface area is 69.0 Å². The third kappa shape index (κ3) is 7.93.